The summed E-state index contributed by atoms with van der Waals surface area (Å²) < 4.78 is 0. The lowest BCUT2D eigenvalue weighted by Gasteiger charge is -2.35. The second-order valence-corrected chi connectivity index (χ2v) is 5.00. The van der Waals surface area contributed by atoms with E-state index in [0.29, 0.717) is 11.6 Å². The van der Waals surface area contributed by atoms with Crippen LogP contribution in [-0.4, -0.2) is 51.3 Å². The standard InChI is InChI=1S/C12H18N6O/c1-7-5-18(4-3-8(7)19)11-9-10(15-6-14-9)16-12(13-2)17-11/h6-8,19H,3-5H2,1-2H3,(H2,13,14,15,16,17). The maximum absolute atomic E-state index is 9.82. The van der Waals surface area contributed by atoms with E-state index in [-0.39, 0.29) is 12.0 Å². The van der Waals surface area contributed by atoms with Gasteiger partial charge in [0.05, 0.1) is 12.4 Å². The molecule has 0 radical (unpaired) electrons. The maximum atomic E-state index is 9.82. The van der Waals surface area contributed by atoms with E-state index in [1.165, 1.54) is 0 Å². The molecule has 1 aliphatic heterocycles. The number of aliphatic hydroxyl groups excluding tert-OH is 1. The molecule has 7 nitrogen and oxygen atoms in total. The van der Waals surface area contributed by atoms with E-state index < -0.39 is 0 Å². The van der Waals surface area contributed by atoms with Crippen molar-refractivity contribution in [3.05, 3.63) is 6.33 Å². The zero-order valence-corrected chi connectivity index (χ0v) is 11.1. The molecule has 2 atom stereocenters. The van der Waals surface area contributed by atoms with Crippen LogP contribution in [0.4, 0.5) is 11.8 Å². The smallest absolute Gasteiger partial charge is 0.226 e. The molecule has 2 unspecified atom stereocenters. The van der Waals surface area contributed by atoms with Gasteiger partial charge in [0.25, 0.3) is 0 Å². The SMILES string of the molecule is CNc1nc(N2CCC(O)C(C)C2)c2[nH]cnc2n1. The van der Waals surface area contributed by atoms with Crippen molar-refractivity contribution >= 4 is 22.9 Å². The first kappa shape index (κ1) is 12.2. The minimum atomic E-state index is -0.223. The highest BCUT2D eigenvalue weighted by Crippen LogP contribution is 2.27. The number of fused-ring (bicyclic) bond motifs is 1. The summed E-state index contributed by atoms with van der Waals surface area (Å²) in [6.45, 7) is 3.64. The molecule has 1 aliphatic rings. The van der Waals surface area contributed by atoms with Crippen LogP contribution in [0.15, 0.2) is 6.33 Å². The molecule has 2 aromatic heterocycles. The van der Waals surface area contributed by atoms with E-state index >= 15 is 0 Å². The van der Waals surface area contributed by atoms with E-state index in [1.54, 1.807) is 13.4 Å². The molecule has 0 bridgehead atoms. The third-order valence-corrected chi connectivity index (χ3v) is 3.65. The molecule has 102 valence electrons. The largest absolute Gasteiger partial charge is 0.393 e. The quantitative estimate of drug-likeness (QED) is 0.734. The number of piperidine rings is 1. The lowest BCUT2D eigenvalue weighted by atomic mass is 9.97. The molecule has 7 heteroatoms. The molecule has 0 saturated carbocycles. The minimum absolute atomic E-state index is 0.223. The topological polar surface area (TPSA) is 90.0 Å². The Bertz CT molecular complexity index is 583. The fraction of sp³-hybridized carbons (Fsp3) is 0.583. The van der Waals surface area contributed by atoms with Gasteiger partial charge in [-0.3, -0.25) is 0 Å². The van der Waals surface area contributed by atoms with Crippen LogP contribution in [0.5, 0.6) is 0 Å². The van der Waals surface area contributed by atoms with Gasteiger partial charge in [-0.15, -0.1) is 0 Å². The van der Waals surface area contributed by atoms with Gasteiger partial charge in [0.1, 0.15) is 5.52 Å². The van der Waals surface area contributed by atoms with Crippen molar-refractivity contribution in [2.75, 3.05) is 30.4 Å². The van der Waals surface area contributed by atoms with Gasteiger partial charge in [-0.2, -0.15) is 9.97 Å². The van der Waals surface area contributed by atoms with Crippen molar-refractivity contribution in [1.82, 2.24) is 19.9 Å². The van der Waals surface area contributed by atoms with Gasteiger partial charge in [-0.05, 0) is 12.3 Å². The van der Waals surface area contributed by atoms with Crippen LogP contribution in [-0.2, 0) is 0 Å². The number of H-pyrrole nitrogens is 1. The Morgan fingerprint density at radius 2 is 2.32 bits per heavy atom. The molecule has 0 amide bonds. The van der Waals surface area contributed by atoms with E-state index in [1.807, 2.05) is 0 Å². The molecular weight excluding hydrogens is 244 g/mol. The van der Waals surface area contributed by atoms with Gasteiger partial charge in [-0.25, -0.2) is 4.98 Å². The zero-order chi connectivity index (χ0) is 13.4. The molecular formula is C12H18N6O. The number of rotatable bonds is 2. The molecule has 1 fully saturated rings. The molecule has 3 rings (SSSR count). The number of imidazole rings is 1. The summed E-state index contributed by atoms with van der Waals surface area (Å²) in [5.41, 5.74) is 1.51. The number of hydrogen-bond acceptors (Lipinski definition) is 6. The van der Waals surface area contributed by atoms with E-state index in [4.69, 9.17) is 0 Å². The zero-order valence-electron chi connectivity index (χ0n) is 11.1. The first-order chi connectivity index (χ1) is 9.19. The predicted octanol–water partition coefficient (Wildman–Crippen LogP) is 0.602. The summed E-state index contributed by atoms with van der Waals surface area (Å²) in [6.07, 6.45) is 2.17. The molecule has 2 aromatic rings. The van der Waals surface area contributed by atoms with Gasteiger partial charge in [0.2, 0.25) is 5.95 Å². The van der Waals surface area contributed by atoms with Crippen LogP contribution < -0.4 is 10.2 Å². The second kappa shape index (κ2) is 4.65. The summed E-state index contributed by atoms with van der Waals surface area (Å²) in [5.74, 6) is 1.65. The summed E-state index contributed by atoms with van der Waals surface area (Å²) >= 11 is 0. The van der Waals surface area contributed by atoms with Crippen molar-refractivity contribution in [3.63, 3.8) is 0 Å². The fourth-order valence-corrected chi connectivity index (χ4v) is 2.48. The van der Waals surface area contributed by atoms with Crippen molar-refractivity contribution in [3.8, 4) is 0 Å². The average Bonchev–Trinajstić information content (AvgIpc) is 2.89. The van der Waals surface area contributed by atoms with Crippen LogP contribution in [0.2, 0.25) is 0 Å². The molecule has 3 N–H and O–H groups in total. The first-order valence-corrected chi connectivity index (χ1v) is 6.51. The minimum Gasteiger partial charge on any atom is -0.393 e. The van der Waals surface area contributed by atoms with Crippen LogP contribution in [0.3, 0.4) is 0 Å². The highest BCUT2D eigenvalue weighted by Gasteiger charge is 2.27. The number of anilines is 2. The normalized spacial score (nSPS) is 23.8. The van der Waals surface area contributed by atoms with E-state index in [2.05, 4.69) is 37.1 Å². The Hall–Kier alpha value is -1.89. The van der Waals surface area contributed by atoms with Crippen LogP contribution >= 0.6 is 0 Å². The predicted molar refractivity (Wildman–Crippen MR) is 73.2 cm³/mol. The van der Waals surface area contributed by atoms with Crippen molar-refractivity contribution in [2.45, 2.75) is 19.4 Å². The lowest BCUT2D eigenvalue weighted by molar-refractivity contribution is 0.0969. The molecule has 0 aliphatic carbocycles. The van der Waals surface area contributed by atoms with Crippen LogP contribution in [0, 0.1) is 5.92 Å². The van der Waals surface area contributed by atoms with Crippen molar-refractivity contribution in [2.24, 2.45) is 5.92 Å². The summed E-state index contributed by atoms with van der Waals surface area (Å²) in [7, 11) is 1.79. The number of aromatic amines is 1. The monoisotopic (exact) mass is 262 g/mol. The number of aromatic nitrogens is 4. The number of aliphatic hydroxyl groups is 1. The molecule has 1 saturated heterocycles. The van der Waals surface area contributed by atoms with Gasteiger partial charge in [-0.1, -0.05) is 6.92 Å². The van der Waals surface area contributed by atoms with Crippen molar-refractivity contribution < 1.29 is 5.11 Å². The summed E-state index contributed by atoms with van der Waals surface area (Å²) in [4.78, 5) is 18.3. The highest BCUT2D eigenvalue weighted by molar-refractivity contribution is 5.84. The Kier molecular flexibility index (Phi) is 2.98. The maximum Gasteiger partial charge on any atom is 0.226 e. The highest BCUT2D eigenvalue weighted by atomic mass is 16.3. The van der Waals surface area contributed by atoms with Crippen molar-refractivity contribution in [1.29, 1.82) is 0 Å². The van der Waals surface area contributed by atoms with E-state index in [0.717, 1.165) is 30.8 Å². The first-order valence-electron chi connectivity index (χ1n) is 6.51. The van der Waals surface area contributed by atoms with Gasteiger partial charge < -0.3 is 20.3 Å². The van der Waals surface area contributed by atoms with Crippen LogP contribution in [0.25, 0.3) is 11.2 Å². The Labute approximate surface area is 111 Å². The summed E-state index contributed by atoms with van der Waals surface area (Å²) in [5, 5.41) is 12.8. The molecule has 19 heavy (non-hydrogen) atoms. The Balaban J connectivity index is 2.01. The van der Waals surface area contributed by atoms with Crippen LogP contribution in [0.1, 0.15) is 13.3 Å². The molecule has 0 spiro atoms. The van der Waals surface area contributed by atoms with E-state index in [9.17, 15) is 5.11 Å². The molecule has 3 heterocycles. The summed E-state index contributed by atoms with van der Waals surface area (Å²) in [6, 6.07) is 0. The van der Waals surface area contributed by atoms with Gasteiger partial charge >= 0.3 is 0 Å². The fourth-order valence-electron chi connectivity index (χ4n) is 2.48. The number of nitrogens with one attached hydrogen (secondary N) is 2. The third kappa shape index (κ3) is 2.10. The average molecular weight is 262 g/mol. The Morgan fingerprint density at radius 3 is 3.05 bits per heavy atom. The molecule has 0 aromatic carbocycles. The second-order valence-electron chi connectivity index (χ2n) is 5.00. The Morgan fingerprint density at radius 1 is 1.47 bits per heavy atom. The third-order valence-electron chi connectivity index (χ3n) is 3.65. The lowest BCUT2D eigenvalue weighted by Crippen LogP contribution is -2.42. The number of nitrogens with zero attached hydrogens (tertiary/aromatic N) is 4. The van der Waals surface area contributed by atoms with Gasteiger partial charge in [0, 0.05) is 20.1 Å². The van der Waals surface area contributed by atoms with Gasteiger partial charge in [0.15, 0.2) is 11.5 Å². The number of hydrogen-bond donors (Lipinski definition) is 3.